The first-order valence-corrected chi connectivity index (χ1v) is 12.3. The van der Waals surface area contributed by atoms with Crippen molar-refractivity contribution >= 4 is 17.7 Å². The first-order valence-electron chi connectivity index (χ1n) is 12.3. The maximum Gasteiger partial charge on any atom is 0.240 e. The van der Waals surface area contributed by atoms with Crippen LogP contribution >= 0.6 is 0 Å². The van der Waals surface area contributed by atoms with Crippen molar-refractivity contribution < 1.29 is 14.4 Å². The van der Waals surface area contributed by atoms with Gasteiger partial charge in [0.2, 0.25) is 17.7 Å². The third kappa shape index (κ3) is 5.02. The number of hydrogen-bond acceptors (Lipinski definition) is 5. The third-order valence-corrected chi connectivity index (χ3v) is 7.38. The predicted octanol–water partition coefficient (Wildman–Crippen LogP) is 2.46. The maximum atomic E-state index is 14.0. The van der Waals surface area contributed by atoms with Gasteiger partial charge in [0.25, 0.3) is 0 Å². The molecule has 0 saturated carbocycles. The van der Waals surface area contributed by atoms with E-state index in [1.165, 1.54) is 4.90 Å². The number of hydrogen-bond donors (Lipinski definition) is 0. The summed E-state index contributed by atoms with van der Waals surface area (Å²) in [5, 5.41) is 0. The third-order valence-electron chi connectivity index (χ3n) is 7.38. The van der Waals surface area contributed by atoms with E-state index < -0.39 is 5.41 Å². The molecule has 0 radical (unpaired) electrons. The molecule has 0 bridgehead atoms. The molecular formula is C28H36N4O3. The fourth-order valence-corrected chi connectivity index (χ4v) is 5.42. The Labute approximate surface area is 208 Å². The van der Waals surface area contributed by atoms with Gasteiger partial charge in [0, 0.05) is 45.6 Å². The molecule has 2 saturated heterocycles. The first kappa shape index (κ1) is 25.1. The molecule has 2 heterocycles. The molecule has 0 aromatic heterocycles. The molecule has 2 aliphatic rings. The summed E-state index contributed by atoms with van der Waals surface area (Å²) < 4.78 is 0. The minimum absolute atomic E-state index is 0.00601. The van der Waals surface area contributed by atoms with Crippen molar-refractivity contribution in [3.05, 3.63) is 71.3 Å². The fourth-order valence-electron chi connectivity index (χ4n) is 5.42. The summed E-state index contributed by atoms with van der Waals surface area (Å²) in [5.41, 5.74) is 1.62. The van der Waals surface area contributed by atoms with Crippen LogP contribution in [0.5, 0.6) is 0 Å². The number of likely N-dealkylation sites (N-methyl/N-ethyl adjacent to an activating group) is 2. The summed E-state index contributed by atoms with van der Waals surface area (Å²) in [5.74, 6) is -0.533. The molecule has 186 valence electrons. The van der Waals surface area contributed by atoms with E-state index >= 15 is 0 Å². The highest BCUT2D eigenvalue weighted by Gasteiger charge is 2.54. The number of carbonyl (C=O) groups is 3. The summed E-state index contributed by atoms with van der Waals surface area (Å²) in [6.07, 6.45) is 0.0214. The molecule has 2 aromatic rings. The van der Waals surface area contributed by atoms with Gasteiger partial charge >= 0.3 is 0 Å². The summed E-state index contributed by atoms with van der Waals surface area (Å²) >= 11 is 0. The summed E-state index contributed by atoms with van der Waals surface area (Å²) in [7, 11) is 5.90. The van der Waals surface area contributed by atoms with Crippen LogP contribution in [0.4, 0.5) is 0 Å². The molecule has 7 nitrogen and oxygen atoms in total. The van der Waals surface area contributed by atoms with Crippen LogP contribution in [0.1, 0.15) is 35.6 Å². The van der Waals surface area contributed by atoms with Gasteiger partial charge in [0.15, 0.2) is 0 Å². The minimum atomic E-state index is -1.17. The number of aryl methyl sites for hydroxylation is 1. The second-order valence-corrected chi connectivity index (χ2v) is 10.2. The van der Waals surface area contributed by atoms with Crippen LogP contribution in [0, 0.1) is 6.92 Å². The molecule has 2 aromatic carbocycles. The van der Waals surface area contributed by atoms with Crippen molar-refractivity contribution in [2.75, 3.05) is 53.9 Å². The average molecular weight is 477 g/mol. The number of amides is 3. The Kier molecular flexibility index (Phi) is 7.38. The molecule has 35 heavy (non-hydrogen) atoms. The Morgan fingerprint density at radius 2 is 1.71 bits per heavy atom. The van der Waals surface area contributed by atoms with Gasteiger partial charge in [0.1, 0.15) is 0 Å². The van der Waals surface area contributed by atoms with Crippen LogP contribution in [-0.2, 0) is 19.8 Å². The number of imide groups is 1. The van der Waals surface area contributed by atoms with Gasteiger partial charge in [-0.3, -0.25) is 19.3 Å². The van der Waals surface area contributed by atoms with E-state index in [4.69, 9.17) is 0 Å². The number of carbonyl (C=O) groups excluding carboxylic acids is 3. The zero-order valence-corrected chi connectivity index (χ0v) is 21.2. The topological polar surface area (TPSA) is 64.2 Å². The van der Waals surface area contributed by atoms with Crippen molar-refractivity contribution in [2.45, 2.75) is 31.2 Å². The Balaban J connectivity index is 1.69. The lowest BCUT2D eigenvalue weighted by Crippen LogP contribution is -2.51. The van der Waals surface area contributed by atoms with E-state index in [9.17, 15) is 14.4 Å². The van der Waals surface area contributed by atoms with Gasteiger partial charge in [0.05, 0.1) is 11.5 Å². The average Bonchev–Trinajstić information content (AvgIpc) is 3.07. The van der Waals surface area contributed by atoms with Crippen LogP contribution in [0.3, 0.4) is 0 Å². The van der Waals surface area contributed by atoms with E-state index in [1.807, 2.05) is 73.3 Å². The molecule has 2 aliphatic heterocycles. The molecule has 0 N–H and O–H groups in total. The Morgan fingerprint density at radius 1 is 1.03 bits per heavy atom. The molecule has 3 amide bonds. The van der Waals surface area contributed by atoms with E-state index in [0.29, 0.717) is 19.6 Å². The lowest BCUT2D eigenvalue weighted by atomic mass is 9.73. The SMILES string of the molecule is Cc1ccccc1[C@]1(CC(=O)N2CCN(C)C[C@@H]2c2ccccc2)CC(=O)N(CCN(C)C)C1=O. The Hall–Kier alpha value is -3.03. The molecule has 2 atom stereocenters. The minimum Gasteiger partial charge on any atom is -0.333 e. The molecule has 7 heteroatoms. The van der Waals surface area contributed by atoms with Crippen LogP contribution in [-0.4, -0.2) is 91.2 Å². The number of likely N-dealkylation sites (tertiary alicyclic amines) is 1. The zero-order valence-electron chi connectivity index (χ0n) is 21.2. The van der Waals surface area contributed by atoms with Crippen molar-refractivity contribution in [3.63, 3.8) is 0 Å². The van der Waals surface area contributed by atoms with Gasteiger partial charge in [-0.25, -0.2) is 0 Å². The largest absolute Gasteiger partial charge is 0.333 e. The van der Waals surface area contributed by atoms with Gasteiger partial charge < -0.3 is 14.7 Å². The smallest absolute Gasteiger partial charge is 0.240 e. The molecule has 2 fully saturated rings. The Bertz CT molecular complexity index is 1090. The van der Waals surface area contributed by atoms with Crippen molar-refractivity contribution in [1.82, 2.24) is 19.6 Å². The number of benzene rings is 2. The van der Waals surface area contributed by atoms with E-state index in [2.05, 4.69) is 24.1 Å². The maximum absolute atomic E-state index is 14.0. The fraction of sp³-hybridized carbons (Fsp3) is 0.464. The van der Waals surface area contributed by atoms with E-state index in [1.54, 1.807) is 0 Å². The van der Waals surface area contributed by atoms with Gasteiger partial charge in [-0.2, -0.15) is 0 Å². The van der Waals surface area contributed by atoms with Crippen LogP contribution in [0.25, 0.3) is 0 Å². The second kappa shape index (κ2) is 10.3. The van der Waals surface area contributed by atoms with Gasteiger partial charge in [-0.15, -0.1) is 0 Å². The first-order chi connectivity index (χ1) is 16.7. The highest BCUT2D eigenvalue weighted by molar-refractivity contribution is 6.11. The predicted molar refractivity (Wildman–Crippen MR) is 136 cm³/mol. The van der Waals surface area contributed by atoms with Crippen LogP contribution in [0.2, 0.25) is 0 Å². The van der Waals surface area contributed by atoms with Crippen LogP contribution in [0.15, 0.2) is 54.6 Å². The monoisotopic (exact) mass is 476 g/mol. The molecule has 0 aliphatic carbocycles. The van der Waals surface area contributed by atoms with Gasteiger partial charge in [-0.05, 0) is 44.8 Å². The summed E-state index contributed by atoms with van der Waals surface area (Å²) in [4.78, 5) is 48.5. The lowest BCUT2D eigenvalue weighted by Gasteiger charge is -2.42. The number of nitrogens with zero attached hydrogens (tertiary/aromatic N) is 4. The molecular weight excluding hydrogens is 440 g/mol. The quantitative estimate of drug-likeness (QED) is 0.575. The molecule has 4 rings (SSSR count). The van der Waals surface area contributed by atoms with Crippen molar-refractivity contribution in [2.24, 2.45) is 0 Å². The van der Waals surface area contributed by atoms with E-state index in [-0.39, 0.29) is 36.6 Å². The van der Waals surface area contributed by atoms with Crippen molar-refractivity contribution in [3.8, 4) is 0 Å². The Morgan fingerprint density at radius 3 is 2.40 bits per heavy atom. The van der Waals surface area contributed by atoms with Gasteiger partial charge in [-0.1, -0.05) is 54.6 Å². The standard InChI is InChI=1S/C28H36N4O3/c1-21-10-8-9-13-23(21)28(19-26(34)32(27(28)35)16-14-29(2)3)18-25(33)31-17-15-30(4)20-24(31)22-11-6-5-7-12-22/h5-13,24H,14-20H2,1-4H3/t24-,28+/m1/s1. The second-order valence-electron chi connectivity index (χ2n) is 10.2. The van der Waals surface area contributed by atoms with Crippen molar-refractivity contribution in [1.29, 1.82) is 0 Å². The number of rotatable bonds is 7. The summed E-state index contributed by atoms with van der Waals surface area (Å²) in [6, 6.07) is 17.6. The molecule has 0 spiro atoms. The zero-order chi connectivity index (χ0) is 25.2. The lowest BCUT2D eigenvalue weighted by molar-refractivity contribution is -0.144. The highest BCUT2D eigenvalue weighted by Crippen LogP contribution is 2.42. The normalized spacial score (nSPS) is 23.4. The van der Waals surface area contributed by atoms with E-state index in [0.717, 1.165) is 29.8 Å². The molecule has 0 unspecified atom stereocenters. The highest BCUT2D eigenvalue weighted by atomic mass is 16.2. The van der Waals surface area contributed by atoms with Crippen LogP contribution < -0.4 is 0 Å². The summed E-state index contributed by atoms with van der Waals surface area (Å²) in [6.45, 7) is 4.95. The number of piperazine rings is 1.